The first-order chi connectivity index (χ1) is 8.09. The molecule has 0 bridgehead atoms. The topological polar surface area (TPSA) is 63.3 Å². The number of anilines is 1. The van der Waals surface area contributed by atoms with Gasteiger partial charge in [-0.15, -0.1) is 0 Å². The second kappa shape index (κ2) is 4.47. The predicted molar refractivity (Wildman–Crippen MR) is 67.4 cm³/mol. The van der Waals surface area contributed by atoms with E-state index >= 15 is 0 Å². The number of nitrogens with two attached hydrogens (primary N) is 1. The molecular weight excluding hydrogens is 238 g/mol. The van der Waals surface area contributed by atoms with E-state index in [0.29, 0.717) is 16.1 Å². The number of ketones is 1. The van der Waals surface area contributed by atoms with Crippen LogP contribution in [0.1, 0.15) is 15.9 Å². The van der Waals surface area contributed by atoms with Gasteiger partial charge >= 0.3 is 0 Å². The van der Waals surface area contributed by atoms with Crippen molar-refractivity contribution in [3.8, 4) is 5.75 Å². The molecule has 0 unspecified atom stereocenters. The lowest BCUT2D eigenvalue weighted by atomic mass is 10.0. The molecule has 0 saturated carbocycles. The quantitative estimate of drug-likeness (QED) is 0.634. The highest BCUT2D eigenvalue weighted by atomic mass is 35.5. The monoisotopic (exact) mass is 247 g/mol. The van der Waals surface area contributed by atoms with Gasteiger partial charge in [-0.25, -0.2) is 0 Å². The minimum absolute atomic E-state index is 0.0261. The van der Waals surface area contributed by atoms with Crippen LogP contribution in [-0.2, 0) is 0 Å². The van der Waals surface area contributed by atoms with Crippen LogP contribution in [-0.4, -0.2) is 10.9 Å². The van der Waals surface area contributed by atoms with Gasteiger partial charge in [0, 0.05) is 22.9 Å². The van der Waals surface area contributed by atoms with Crippen molar-refractivity contribution in [1.82, 2.24) is 0 Å². The maximum atomic E-state index is 12.2. The van der Waals surface area contributed by atoms with Gasteiger partial charge in [-0.2, -0.15) is 0 Å². The summed E-state index contributed by atoms with van der Waals surface area (Å²) < 4.78 is 0. The molecule has 2 rings (SSSR count). The molecule has 4 heteroatoms. The molecular formula is C13H10ClNO2. The molecule has 3 N–H and O–H groups in total. The highest BCUT2D eigenvalue weighted by Crippen LogP contribution is 2.24. The minimum atomic E-state index is -0.256. The smallest absolute Gasteiger partial charge is 0.196 e. The van der Waals surface area contributed by atoms with Crippen LogP contribution in [0.4, 0.5) is 5.69 Å². The number of carbonyl (C=O) groups is 1. The van der Waals surface area contributed by atoms with Crippen LogP contribution >= 0.6 is 11.6 Å². The number of nitrogen functional groups attached to an aromatic ring is 1. The molecule has 0 heterocycles. The maximum absolute atomic E-state index is 12.2. The zero-order valence-corrected chi connectivity index (χ0v) is 9.61. The first kappa shape index (κ1) is 11.5. The third-order valence-electron chi connectivity index (χ3n) is 2.40. The first-order valence-corrected chi connectivity index (χ1v) is 5.35. The molecule has 86 valence electrons. The number of carbonyl (C=O) groups excluding carboxylic acids is 1. The van der Waals surface area contributed by atoms with Crippen molar-refractivity contribution in [2.75, 3.05) is 5.73 Å². The molecule has 2 aromatic carbocycles. The summed E-state index contributed by atoms with van der Waals surface area (Å²) in [5, 5.41) is 9.61. The van der Waals surface area contributed by atoms with E-state index in [1.54, 1.807) is 24.3 Å². The van der Waals surface area contributed by atoms with Crippen LogP contribution in [0.25, 0.3) is 0 Å². The second-order valence-corrected chi connectivity index (χ2v) is 3.99. The van der Waals surface area contributed by atoms with Gasteiger partial charge in [0.15, 0.2) is 5.78 Å². The fourth-order valence-electron chi connectivity index (χ4n) is 1.55. The number of hydrogen-bond acceptors (Lipinski definition) is 3. The fourth-order valence-corrected chi connectivity index (χ4v) is 1.77. The normalized spacial score (nSPS) is 10.2. The molecule has 0 atom stereocenters. The average molecular weight is 248 g/mol. The first-order valence-electron chi connectivity index (χ1n) is 4.97. The highest BCUT2D eigenvalue weighted by Gasteiger charge is 2.15. The summed E-state index contributed by atoms with van der Waals surface area (Å²) in [6, 6.07) is 11.0. The third kappa shape index (κ3) is 2.24. The van der Waals surface area contributed by atoms with E-state index in [2.05, 4.69) is 0 Å². The Morgan fingerprint density at radius 3 is 2.47 bits per heavy atom. The molecule has 0 amide bonds. The number of hydrogen-bond donors (Lipinski definition) is 2. The van der Waals surface area contributed by atoms with Crippen molar-refractivity contribution in [3.63, 3.8) is 0 Å². The Labute approximate surface area is 103 Å². The van der Waals surface area contributed by atoms with E-state index < -0.39 is 0 Å². The van der Waals surface area contributed by atoms with Gasteiger partial charge in [-0.3, -0.25) is 4.79 Å². The summed E-state index contributed by atoms with van der Waals surface area (Å²) in [6.45, 7) is 0. The Balaban J connectivity index is 2.48. The van der Waals surface area contributed by atoms with Crippen molar-refractivity contribution < 1.29 is 9.90 Å². The third-order valence-corrected chi connectivity index (χ3v) is 2.73. The lowest BCUT2D eigenvalue weighted by Gasteiger charge is -2.06. The lowest BCUT2D eigenvalue weighted by Crippen LogP contribution is -2.05. The molecule has 2 aromatic rings. The van der Waals surface area contributed by atoms with E-state index in [9.17, 15) is 9.90 Å². The van der Waals surface area contributed by atoms with Crippen LogP contribution in [0.15, 0.2) is 42.5 Å². The minimum Gasteiger partial charge on any atom is -0.508 e. The molecule has 0 aliphatic heterocycles. The van der Waals surface area contributed by atoms with E-state index in [1.165, 1.54) is 18.2 Å². The number of aromatic hydroxyl groups is 1. The van der Waals surface area contributed by atoms with E-state index in [1.807, 2.05) is 0 Å². The number of halogens is 1. The molecule has 0 spiro atoms. The van der Waals surface area contributed by atoms with Crippen molar-refractivity contribution in [1.29, 1.82) is 0 Å². The van der Waals surface area contributed by atoms with Crippen LogP contribution < -0.4 is 5.73 Å². The van der Waals surface area contributed by atoms with Crippen LogP contribution in [0, 0.1) is 0 Å². The average Bonchev–Trinajstić information content (AvgIpc) is 2.29. The zero-order valence-electron chi connectivity index (χ0n) is 8.85. The standard InChI is InChI=1S/C13H10ClNO2/c14-11-4-2-1-3-9(11)13(17)10-6-5-8(16)7-12(10)15/h1-7,16H,15H2. The lowest BCUT2D eigenvalue weighted by molar-refractivity contribution is 0.103. The zero-order chi connectivity index (χ0) is 12.4. The van der Waals surface area contributed by atoms with Crippen LogP contribution in [0.3, 0.4) is 0 Å². The summed E-state index contributed by atoms with van der Waals surface area (Å²) in [5.74, 6) is -0.230. The Bertz CT molecular complexity index is 581. The summed E-state index contributed by atoms with van der Waals surface area (Å²) in [6.07, 6.45) is 0. The summed E-state index contributed by atoms with van der Waals surface area (Å²) in [7, 11) is 0. The SMILES string of the molecule is Nc1cc(O)ccc1C(=O)c1ccccc1Cl. The Hall–Kier alpha value is -2.00. The summed E-state index contributed by atoms with van der Waals surface area (Å²) >= 11 is 5.94. The van der Waals surface area contributed by atoms with Crippen molar-refractivity contribution in [2.45, 2.75) is 0 Å². The van der Waals surface area contributed by atoms with E-state index in [0.717, 1.165) is 0 Å². The Morgan fingerprint density at radius 2 is 1.82 bits per heavy atom. The predicted octanol–water partition coefficient (Wildman–Crippen LogP) is 2.86. The molecule has 0 fully saturated rings. The van der Waals surface area contributed by atoms with Gasteiger partial charge in [0.2, 0.25) is 0 Å². The summed E-state index contributed by atoms with van der Waals surface area (Å²) in [5.41, 5.74) is 6.64. The van der Waals surface area contributed by atoms with Gasteiger partial charge < -0.3 is 10.8 Å². The number of benzene rings is 2. The van der Waals surface area contributed by atoms with Gasteiger partial charge in [0.25, 0.3) is 0 Å². The molecule has 0 saturated heterocycles. The molecule has 3 nitrogen and oxygen atoms in total. The maximum Gasteiger partial charge on any atom is 0.196 e. The van der Waals surface area contributed by atoms with Crippen molar-refractivity contribution >= 4 is 23.1 Å². The Morgan fingerprint density at radius 1 is 1.12 bits per heavy atom. The van der Waals surface area contributed by atoms with Gasteiger partial charge in [0.1, 0.15) is 5.75 Å². The van der Waals surface area contributed by atoms with Crippen molar-refractivity contribution in [2.24, 2.45) is 0 Å². The molecule has 0 aliphatic carbocycles. The molecule has 0 radical (unpaired) electrons. The number of phenolic OH excluding ortho intramolecular Hbond substituents is 1. The van der Waals surface area contributed by atoms with Gasteiger partial charge in [-0.05, 0) is 24.3 Å². The second-order valence-electron chi connectivity index (χ2n) is 3.58. The number of rotatable bonds is 2. The van der Waals surface area contributed by atoms with Gasteiger partial charge in [0.05, 0.1) is 5.02 Å². The van der Waals surface area contributed by atoms with Crippen LogP contribution in [0.2, 0.25) is 5.02 Å². The fraction of sp³-hybridized carbons (Fsp3) is 0. The van der Waals surface area contributed by atoms with Gasteiger partial charge in [-0.1, -0.05) is 23.7 Å². The molecule has 17 heavy (non-hydrogen) atoms. The Kier molecular flexibility index (Phi) is 3.02. The van der Waals surface area contributed by atoms with Crippen molar-refractivity contribution in [3.05, 3.63) is 58.6 Å². The largest absolute Gasteiger partial charge is 0.508 e. The van der Waals surface area contributed by atoms with E-state index in [-0.39, 0.29) is 17.2 Å². The number of phenols is 1. The van der Waals surface area contributed by atoms with Crippen LogP contribution in [0.5, 0.6) is 5.75 Å². The molecule has 0 aromatic heterocycles. The summed E-state index contributed by atoms with van der Waals surface area (Å²) in [4.78, 5) is 12.2. The molecule has 0 aliphatic rings. The van der Waals surface area contributed by atoms with E-state index in [4.69, 9.17) is 17.3 Å². The highest BCUT2D eigenvalue weighted by molar-refractivity contribution is 6.35.